The molecule has 0 bridgehead atoms. The van der Waals surface area contributed by atoms with Gasteiger partial charge in [0.05, 0.1) is 25.4 Å². The molecule has 1 N–H and O–H groups in total. The van der Waals surface area contributed by atoms with Gasteiger partial charge in [0.1, 0.15) is 6.79 Å². The quantitative estimate of drug-likeness (QED) is 0.385. The summed E-state index contributed by atoms with van der Waals surface area (Å²) in [5.74, 6) is 4.10. The molecule has 4 aliphatic carbocycles. The Kier molecular flexibility index (Phi) is 7.91. The van der Waals surface area contributed by atoms with E-state index in [9.17, 15) is 5.11 Å². The minimum atomic E-state index is -0.333. The second-order valence-corrected chi connectivity index (χ2v) is 14.2. The molecule has 5 heteroatoms. The standard InChI is InChI=1S/C31H54O5/c1-20(2)26(32)10-7-21(3)23-8-9-24-28-25(11-12-30(23,24)5)29(4)13-14-31(35-15-16-36-31)18-22(29)17-27(28)34-19-33-6/h20-28,32H,7-19H2,1-6H3/t21-,22+,23-,24+,25+,26-,27-,28+,29+,30-/m1/s1. The predicted octanol–water partition coefficient (Wildman–Crippen LogP) is 6.42. The van der Waals surface area contributed by atoms with Crippen LogP contribution in [0.15, 0.2) is 0 Å². The summed E-state index contributed by atoms with van der Waals surface area (Å²) >= 11 is 0. The first-order valence-electron chi connectivity index (χ1n) is 15.2. The monoisotopic (exact) mass is 506 g/mol. The fourth-order valence-corrected chi connectivity index (χ4v) is 10.2. The molecule has 1 spiro atoms. The maximum absolute atomic E-state index is 10.5. The molecule has 4 saturated carbocycles. The third-order valence-corrected chi connectivity index (χ3v) is 12.3. The molecule has 5 fully saturated rings. The molecule has 0 amide bonds. The Morgan fingerprint density at radius 1 is 0.917 bits per heavy atom. The van der Waals surface area contributed by atoms with E-state index in [-0.39, 0.29) is 18.0 Å². The Morgan fingerprint density at radius 2 is 1.64 bits per heavy atom. The van der Waals surface area contributed by atoms with Gasteiger partial charge in [0.2, 0.25) is 0 Å². The molecule has 0 aromatic rings. The average molecular weight is 507 g/mol. The zero-order valence-electron chi connectivity index (χ0n) is 24.0. The van der Waals surface area contributed by atoms with E-state index >= 15 is 0 Å². The SMILES string of the molecule is COCO[C@@H]1C[C@H]2CC3(CC[C@]2(C)[C@H]2CC[C@]4(C)[C@@H]([C@H](C)CC[C@@H](O)C(C)C)CC[C@H]4[C@H]12)OCCO3. The van der Waals surface area contributed by atoms with E-state index in [0.717, 1.165) is 57.2 Å². The van der Waals surface area contributed by atoms with Crippen molar-refractivity contribution in [1.82, 2.24) is 0 Å². The molecule has 0 aromatic heterocycles. The van der Waals surface area contributed by atoms with Gasteiger partial charge in [-0.3, -0.25) is 0 Å². The van der Waals surface area contributed by atoms with Crippen LogP contribution >= 0.6 is 0 Å². The number of aliphatic hydroxyl groups is 1. The van der Waals surface area contributed by atoms with Gasteiger partial charge in [-0.25, -0.2) is 0 Å². The minimum Gasteiger partial charge on any atom is -0.393 e. The van der Waals surface area contributed by atoms with Crippen LogP contribution in [0.5, 0.6) is 0 Å². The van der Waals surface area contributed by atoms with E-state index in [1.165, 1.54) is 32.1 Å². The summed E-state index contributed by atoms with van der Waals surface area (Å²) in [5, 5.41) is 10.5. The highest BCUT2D eigenvalue weighted by Gasteiger charge is 2.65. The molecular weight excluding hydrogens is 452 g/mol. The van der Waals surface area contributed by atoms with Gasteiger partial charge in [-0.2, -0.15) is 0 Å². The van der Waals surface area contributed by atoms with Gasteiger partial charge in [-0.15, -0.1) is 0 Å². The molecule has 5 nitrogen and oxygen atoms in total. The maximum Gasteiger partial charge on any atom is 0.168 e. The summed E-state index contributed by atoms with van der Waals surface area (Å²) in [5.41, 5.74) is 0.735. The molecule has 10 atom stereocenters. The Morgan fingerprint density at radius 3 is 2.33 bits per heavy atom. The number of hydrogen-bond acceptors (Lipinski definition) is 5. The molecule has 5 rings (SSSR count). The van der Waals surface area contributed by atoms with E-state index in [2.05, 4.69) is 34.6 Å². The Hall–Kier alpha value is -0.200. The molecule has 1 saturated heterocycles. The first-order valence-corrected chi connectivity index (χ1v) is 15.2. The second-order valence-electron chi connectivity index (χ2n) is 14.2. The summed E-state index contributed by atoms with van der Waals surface area (Å²) in [6, 6.07) is 0. The van der Waals surface area contributed by atoms with Crippen LogP contribution < -0.4 is 0 Å². The molecule has 208 valence electrons. The topological polar surface area (TPSA) is 57.2 Å². The number of aliphatic hydroxyl groups excluding tert-OH is 1. The van der Waals surface area contributed by atoms with Crippen molar-refractivity contribution in [3.05, 3.63) is 0 Å². The van der Waals surface area contributed by atoms with Crippen molar-refractivity contribution >= 4 is 0 Å². The van der Waals surface area contributed by atoms with Crippen molar-refractivity contribution in [2.45, 2.75) is 117 Å². The number of methoxy groups -OCH3 is 1. The summed E-state index contributed by atoms with van der Waals surface area (Å²) in [6.45, 7) is 13.9. The van der Waals surface area contributed by atoms with Crippen LogP contribution in [0.25, 0.3) is 0 Å². The van der Waals surface area contributed by atoms with E-state index in [0.29, 0.717) is 47.2 Å². The van der Waals surface area contributed by atoms with Crippen LogP contribution in [0.4, 0.5) is 0 Å². The number of rotatable bonds is 8. The maximum atomic E-state index is 10.5. The Balaban J connectivity index is 1.36. The van der Waals surface area contributed by atoms with Crippen molar-refractivity contribution in [2.75, 3.05) is 27.1 Å². The van der Waals surface area contributed by atoms with Crippen LogP contribution in [0.3, 0.4) is 0 Å². The predicted molar refractivity (Wildman–Crippen MR) is 141 cm³/mol. The molecule has 0 unspecified atom stereocenters. The van der Waals surface area contributed by atoms with E-state index < -0.39 is 0 Å². The summed E-state index contributed by atoms with van der Waals surface area (Å²) in [4.78, 5) is 0. The van der Waals surface area contributed by atoms with Crippen molar-refractivity contribution in [3.8, 4) is 0 Å². The van der Waals surface area contributed by atoms with Gasteiger partial charge in [-0.1, -0.05) is 34.6 Å². The zero-order chi connectivity index (χ0) is 25.7. The first-order chi connectivity index (χ1) is 17.1. The smallest absolute Gasteiger partial charge is 0.168 e. The Bertz CT molecular complexity index is 749. The van der Waals surface area contributed by atoms with Gasteiger partial charge in [0, 0.05) is 20.0 Å². The third kappa shape index (κ3) is 4.61. The van der Waals surface area contributed by atoms with Crippen molar-refractivity contribution < 1.29 is 24.1 Å². The lowest BCUT2D eigenvalue weighted by Crippen LogP contribution is -2.60. The molecular formula is C31H54O5. The molecule has 1 heterocycles. The van der Waals surface area contributed by atoms with Crippen molar-refractivity contribution in [2.24, 2.45) is 52.3 Å². The average Bonchev–Trinajstić information content (AvgIpc) is 3.45. The lowest BCUT2D eigenvalue weighted by atomic mass is 9.43. The van der Waals surface area contributed by atoms with E-state index in [1.807, 2.05) is 0 Å². The fourth-order valence-electron chi connectivity index (χ4n) is 10.2. The van der Waals surface area contributed by atoms with Gasteiger partial charge in [0.15, 0.2) is 5.79 Å². The van der Waals surface area contributed by atoms with E-state index in [4.69, 9.17) is 18.9 Å². The highest BCUT2D eigenvalue weighted by molar-refractivity contribution is 5.13. The number of ether oxygens (including phenoxy) is 4. The fraction of sp³-hybridized carbons (Fsp3) is 1.00. The molecule has 5 aliphatic rings. The van der Waals surface area contributed by atoms with Crippen molar-refractivity contribution in [1.29, 1.82) is 0 Å². The van der Waals surface area contributed by atoms with Crippen LogP contribution in [0, 0.1) is 52.3 Å². The van der Waals surface area contributed by atoms with Crippen LogP contribution in [0.1, 0.15) is 98.8 Å². The summed E-state index contributed by atoms with van der Waals surface area (Å²) in [7, 11) is 1.75. The van der Waals surface area contributed by atoms with Crippen LogP contribution in [-0.4, -0.2) is 50.2 Å². The molecule has 1 aliphatic heterocycles. The highest BCUT2D eigenvalue weighted by atomic mass is 16.7. The van der Waals surface area contributed by atoms with Gasteiger partial charge in [0.25, 0.3) is 0 Å². The van der Waals surface area contributed by atoms with Crippen LogP contribution in [0.2, 0.25) is 0 Å². The summed E-state index contributed by atoms with van der Waals surface area (Å²) in [6.07, 6.45) is 11.9. The van der Waals surface area contributed by atoms with Gasteiger partial charge < -0.3 is 24.1 Å². The lowest BCUT2D eigenvalue weighted by molar-refractivity contribution is -0.253. The number of hydrogen-bond donors (Lipinski definition) is 1. The van der Waals surface area contributed by atoms with Gasteiger partial charge >= 0.3 is 0 Å². The second kappa shape index (κ2) is 10.4. The zero-order valence-corrected chi connectivity index (χ0v) is 24.0. The van der Waals surface area contributed by atoms with E-state index in [1.54, 1.807) is 7.11 Å². The molecule has 0 radical (unpaired) electrons. The normalized spacial score (nSPS) is 45.3. The first kappa shape index (κ1) is 27.4. The minimum absolute atomic E-state index is 0.169. The third-order valence-electron chi connectivity index (χ3n) is 12.3. The largest absolute Gasteiger partial charge is 0.393 e. The molecule has 0 aromatic carbocycles. The molecule has 36 heavy (non-hydrogen) atoms. The van der Waals surface area contributed by atoms with Crippen LogP contribution in [-0.2, 0) is 18.9 Å². The Labute approximate surface area is 220 Å². The summed E-state index contributed by atoms with van der Waals surface area (Å²) < 4.78 is 24.4. The highest BCUT2D eigenvalue weighted by Crippen LogP contribution is 2.69. The van der Waals surface area contributed by atoms with Crippen molar-refractivity contribution in [3.63, 3.8) is 0 Å². The number of fused-ring (bicyclic) bond motifs is 5. The lowest BCUT2D eigenvalue weighted by Gasteiger charge is -2.63. The van der Waals surface area contributed by atoms with Gasteiger partial charge in [-0.05, 0) is 104 Å².